The number of hydrogen-bond donors (Lipinski definition) is 1. The van der Waals surface area contributed by atoms with E-state index in [1.165, 1.54) is 17.7 Å². The number of fused-ring (bicyclic) bond motifs is 1. The summed E-state index contributed by atoms with van der Waals surface area (Å²) < 4.78 is 0. The normalized spacial score (nSPS) is 16.2. The van der Waals surface area contributed by atoms with Crippen molar-refractivity contribution in [3.05, 3.63) is 17.6 Å². The number of rotatable bonds is 4. The van der Waals surface area contributed by atoms with Crippen LogP contribution in [0.3, 0.4) is 0 Å². The lowest BCUT2D eigenvalue weighted by molar-refractivity contribution is 0.509. The molecule has 1 N–H and O–H groups in total. The highest BCUT2D eigenvalue weighted by molar-refractivity contribution is 5.48. The van der Waals surface area contributed by atoms with E-state index in [0.29, 0.717) is 12.0 Å². The second-order valence-electron chi connectivity index (χ2n) is 4.90. The van der Waals surface area contributed by atoms with Crippen LogP contribution in [0.5, 0.6) is 0 Å². The molecule has 0 radical (unpaired) electrons. The van der Waals surface area contributed by atoms with Crippen LogP contribution in [-0.2, 0) is 12.8 Å². The Morgan fingerprint density at radius 3 is 2.81 bits per heavy atom. The van der Waals surface area contributed by atoms with Crippen molar-refractivity contribution in [1.82, 2.24) is 9.97 Å². The monoisotopic (exact) mass is 219 g/mol. The van der Waals surface area contributed by atoms with Crippen molar-refractivity contribution >= 4 is 5.82 Å². The molecule has 0 aliphatic heterocycles. The van der Waals surface area contributed by atoms with Crippen LogP contribution in [-0.4, -0.2) is 16.0 Å². The van der Waals surface area contributed by atoms with E-state index in [1.807, 2.05) is 0 Å². The number of anilines is 1. The Balaban J connectivity index is 2.18. The van der Waals surface area contributed by atoms with Crippen LogP contribution < -0.4 is 5.32 Å². The first-order valence-corrected chi connectivity index (χ1v) is 6.31. The van der Waals surface area contributed by atoms with Gasteiger partial charge in [-0.1, -0.05) is 20.8 Å². The van der Waals surface area contributed by atoms with E-state index < -0.39 is 0 Å². The van der Waals surface area contributed by atoms with Gasteiger partial charge in [0.05, 0.1) is 0 Å². The van der Waals surface area contributed by atoms with Crippen LogP contribution in [0, 0.1) is 5.92 Å². The second kappa shape index (κ2) is 4.81. The number of aromatic nitrogens is 2. The fourth-order valence-corrected chi connectivity index (χ4v) is 2.40. The van der Waals surface area contributed by atoms with E-state index in [4.69, 9.17) is 0 Å². The van der Waals surface area contributed by atoms with Gasteiger partial charge in [-0.25, -0.2) is 9.97 Å². The lowest BCUT2D eigenvalue weighted by Gasteiger charge is -2.22. The standard InChI is InChI=1S/C13H21N3/c1-4-11(9(2)3)16-13-10-6-5-7-12(10)14-8-15-13/h8-9,11H,4-7H2,1-3H3,(H,14,15,16). The Bertz CT molecular complexity index is 360. The van der Waals surface area contributed by atoms with E-state index in [1.54, 1.807) is 6.33 Å². The molecule has 1 aliphatic rings. The highest BCUT2D eigenvalue weighted by atomic mass is 15.0. The Hall–Kier alpha value is -1.12. The molecular formula is C13H21N3. The molecule has 0 spiro atoms. The predicted molar refractivity (Wildman–Crippen MR) is 66.6 cm³/mol. The van der Waals surface area contributed by atoms with Crippen molar-refractivity contribution < 1.29 is 0 Å². The average Bonchev–Trinajstić information content (AvgIpc) is 2.73. The molecule has 2 rings (SSSR count). The van der Waals surface area contributed by atoms with Gasteiger partial charge in [-0.05, 0) is 31.6 Å². The van der Waals surface area contributed by atoms with Gasteiger partial charge >= 0.3 is 0 Å². The summed E-state index contributed by atoms with van der Waals surface area (Å²) >= 11 is 0. The van der Waals surface area contributed by atoms with Crippen LogP contribution in [0.15, 0.2) is 6.33 Å². The summed E-state index contributed by atoms with van der Waals surface area (Å²) in [5.41, 5.74) is 2.60. The van der Waals surface area contributed by atoms with Gasteiger partial charge in [-0.15, -0.1) is 0 Å². The first-order chi connectivity index (χ1) is 7.72. The summed E-state index contributed by atoms with van der Waals surface area (Å²) in [6.45, 7) is 6.73. The van der Waals surface area contributed by atoms with Gasteiger partial charge in [0.25, 0.3) is 0 Å². The first kappa shape index (κ1) is 11.4. The first-order valence-electron chi connectivity index (χ1n) is 6.31. The van der Waals surface area contributed by atoms with E-state index in [-0.39, 0.29) is 0 Å². The summed E-state index contributed by atoms with van der Waals surface area (Å²) in [4.78, 5) is 8.75. The van der Waals surface area contributed by atoms with E-state index in [2.05, 4.69) is 36.1 Å². The summed E-state index contributed by atoms with van der Waals surface area (Å²) in [5.74, 6) is 1.71. The van der Waals surface area contributed by atoms with Gasteiger partial charge in [0.15, 0.2) is 0 Å². The van der Waals surface area contributed by atoms with Crippen molar-refractivity contribution in [1.29, 1.82) is 0 Å². The molecule has 1 aliphatic carbocycles. The van der Waals surface area contributed by atoms with Crippen molar-refractivity contribution in [2.45, 2.75) is 52.5 Å². The third kappa shape index (κ3) is 2.18. The van der Waals surface area contributed by atoms with Crippen molar-refractivity contribution in [2.75, 3.05) is 5.32 Å². The molecule has 3 heteroatoms. The number of nitrogens with zero attached hydrogens (tertiary/aromatic N) is 2. The molecular weight excluding hydrogens is 198 g/mol. The molecule has 1 unspecified atom stereocenters. The maximum atomic E-state index is 4.40. The molecule has 0 saturated carbocycles. The third-order valence-electron chi connectivity index (χ3n) is 3.44. The summed E-state index contributed by atoms with van der Waals surface area (Å²) in [7, 11) is 0. The summed E-state index contributed by atoms with van der Waals surface area (Å²) in [5, 5.41) is 3.58. The summed E-state index contributed by atoms with van der Waals surface area (Å²) in [6.07, 6.45) is 6.30. The van der Waals surface area contributed by atoms with Crippen molar-refractivity contribution in [3.8, 4) is 0 Å². The fraction of sp³-hybridized carbons (Fsp3) is 0.692. The van der Waals surface area contributed by atoms with Gasteiger partial charge in [0, 0.05) is 17.3 Å². The minimum Gasteiger partial charge on any atom is -0.367 e. The van der Waals surface area contributed by atoms with E-state index in [9.17, 15) is 0 Å². The smallest absolute Gasteiger partial charge is 0.133 e. The van der Waals surface area contributed by atoms with Gasteiger partial charge in [0.2, 0.25) is 0 Å². The van der Waals surface area contributed by atoms with Gasteiger partial charge < -0.3 is 5.32 Å². The Kier molecular flexibility index (Phi) is 3.42. The van der Waals surface area contributed by atoms with Crippen molar-refractivity contribution in [2.24, 2.45) is 5.92 Å². The minimum atomic E-state index is 0.514. The minimum absolute atomic E-state index is 0.514. The van der Waals surface area contributed by atoms with Crippen LogP contribution in [0.1, 0.15) is 44.9 Å². The molecule has 0 amide bonds. The van der Waals surface area contributed by atoms with E-state index in [0.717, 1.165) is 25.1 Å². The third-order valence-corrected chi connectivity index (χ3v) is 3.44. The van der Waals surface area contributed by atoms with Gasteiger partial charge in [0.1, 0.15) is 12.1 Å². The number of nitrogens with one attached hydrogen (secondary N) is 1. The lowest BCUT2D eigenvalue weighted by Crippen LogP contribution is -2.26. The zero-order chi connectivity index (χ0) is 11.5. The zero-order valence-electron chi connectivity index (χ0n) is 10.5. The topological polar surface area (TPSA) is 37.8 Å². The average molecular weight is 219 g/mol. The predicted octanol–water partition coefficient (Wildman–Crippen LogP) is 2.81. The van der Waals surface area contributed by atoms with Gasteiger partial charge in [-0.2, -0.15) is 0 Å². The van der Waals surface area contributed by atoms with Crippen LogP contribution in [0.25, 0.3) is 0 Å². The highest BCUT2D eigenvalue weighted by Gasteiger charge is 2.19. The molecule has 0 aromatic carbocycles. The highest BCUT2D eigenvalue weighted by Crippen LogP contribution is 2.26. The molecule has 1 aromatic rings. The maximum Gasteiger partial charge on any atom is 0.133 e. The Labute approximate surface area is 97.7 Å². The Morgan fingerprint density at radius 1 is 1.31 bits per heavy atom. The number of hydrogen-bond acceptors (Lipinski definition) is 3. The van der Waals surface area contributed by atoms with Crippen LogP contribution >= 0.6 is 0 Å². The second-order valence-corrected chi connectivity index (χ2v) is 4.90. The molecule has 0 bridgehead atoms. The largest absolute Gasteiger partial charge is 0.367 e. The van der Waals surface area contributed by atoms with Crippen LogP contribution in [0.4, 0.5) is 5.82 Å². The van der Waals surface area contributed by atoms with Crippen LogP contribution in [0.2, 0.25) is 0 Å². The quantitative estimate of drug-likeness (QED) is 0.846. The SMILES string of the molecule is CCC(Nc1ncnc2c1CCC2)C(C)C. The molecule has 1 heterocycles. The Morgan fingerprint density at radius 2 is 2.12 bits per heavy atom. The zero-order valence-corrected chi connectivity index (χ0v) is 10.5. The molecule has 3 nitrogen and oxygen atoms in total. The maximum absolute atomic E-state index is 4.40. The molecule has 0 fully saturated rings. The molecule has 0 saturated heterocycles. The van der Waals surface area contributed by atoms with Gasteiger partial charge in [-0.3, -0.25) is 0 Å². The lowest BCUT2D eigenvalue weighted by atomic mass is 10.0. The summed E-state index contributed by atoms with van der Waals surface area (Å²) in [6, 6.07) is 0.514. The fourth-order valence-electron chi connectivity index (χ4n) is 2.40. The number of aryl methyl sites for hydroxylation is 1. The molecule has 16 heavy (non-hydrogen) atoms. The molecule has 1 atom stereocenters. The molecule has 88 valence electrons. The molecule has 1 aromatic heterocycles. The van der Waals surface area contributed by atoms with Crippen molar-refractivity contribution in [3.63, 3.8) is 0 Å². The van der Waals surface area contributed by atoms with E-state index >= 15 is 0 Å².